The van der Waals surface area contributed by atoms with E-state index in [2.05, 4.69) is 6.92 Å². The zero-order valence-corrected chi connectivity index (χ0v) is 28.1. The lowest BCUT2D eigenvalue weighted by Crippen LogP contribution is -2.63. The van der Waals surface area contributed by atoms with Crippen molar-refractivity contribution in [3.8, 4) is 11.5 Å². The van der Waals surface area contributed by atoms with Gasteiger partial charge in [-0.25, -0.2) is 4.57 Å². The largest absolute Gasteiger partial charge is 0.470 e. The van der Waals surface area contributed by atoms with Crippen LogP contribution in [0.4, 0.5) is 5.69 Å². The second kappa shape index (κ2) is 11.3. The Balaban J connectivity index is 1.09. The van der Waals surface area contributed by atoms with Crippen LogP contribution in [-0.4, -0.2) is 57.7 Å². The molecule has 260 valence electrons. The summed E-state index contributed by atoms with van der Waals surface area (Å²) in [7, 11) is -4.97. The normalized spacial score (nSPS) is 37.2. The van der Waals surface area contributed by atoms with E-state index in [4.69, 9.17) is 29.2 Å². The maximum Gasteiger partial charge on any atom is 0.470 e. The van der Waals surface area contributed by atoms with Crippen molar-refractivity contribution in [2.45, 2.75) is 70.1 Å². The van der Waals surface area contributed by atoms with Gasteiger partial charge in [-0.05, 0) is 61.3 Å². The van der Waals surface area contributed by atoms with Crippen molar-refractivity contribution in [1.82, 2.24) is 0 Å². The maximum absolute atomic E-state index is 14.3. The molecule has 0 spiro atoms. The standard InChI is InChI=1S/C36H40NO11P/c1-34-12-11-23(38)14-22(34)8-9-24-25-15-29-36(28(40)17-46-49(41,42)43,35(25,2)16-27(39)30(24)34)48-33(47-29)20-5-3-19(4-6-20)13-21-7-10-26(37)32-31(21)44-18-45-32/h3-7,10-12,14,24-25,27,29-30,33,39H,8-9,13,15-18,37H2,1-2H3,(H2,41,42,43)/t24-,25-,27-,29+,30+,33+,34-,35-,36+/m0/s1. The van der Waals surface area contributed by atoms with Crippen LogP contribution in [0, 0.1) is 28.6 Å². The maximum atomic E-state index is 14.3. The minimum Gasteiger partial charge on any atom is -0.453 e. The summed E-state index contributed by atoms with van der Waals surface area (Å²) in [5.74, 6) is 0.192. The SMILES string of the molecule is C[C@]12C=CC(=O)C=C1CC[C@@H]1[C@@H]2[C@@H](O)C[C@@]2(C)[C@H]1C[C@H]1O[C@@H](c3ccc(Cc4ccc(N)c5c4OCO5)cc3)O[C@]12C(=O)COP(=O)(O)O. The van der Waals surface area contributed by atoms with Crippen LogP contribution in [0.25, 0.3) is 0 Å². The first-order valence-corrected chi connectivity index (χ1v) is 18.2. The van der Waals surface area contributed by atoms with Crippen LogP contribution in [-0.2, 0) is 34.6 Å². The van der Waals surface area contributed by atoms with Gasteiger partial charge >= 0.3 is 7.82 Å². The Morgan fingerprint density at radius 1 is 1.10 bits per heavy atom. The zero-order valence-electron chi connectivity index (χ0n) is 27.2. The number of allylic oxidation sites excluding steroid dienone is 4. The highest BCUT2D eigenvalue weighted by Gasteiger charge is 2.76. The fourth-order valence-corrected chi connectivity index (χ4v) is 10.5. The summed E-state index contributed by atoms with van der Waals surface area (Å²) in [4.78, 5) is 45.5. The van der Waals surface area contributed by atoms with Gasteiger partial charge < -0.3 is 39.6 Å². The molecule has 2 heterocycles. The number of fused-ring (bicyclic) bond motifs is 8. The molecule has 4 aliphatic carbocycles. The van der Waals surface area contributed by atoms with E-state index in [1.807, 2.05) is 43.3 Å². The third-order valence-corrected chi connectivity index (χ3v) is 12.8. The molecule has 0 bridgehead atoms. The van der Waals surface area contributed by atoms with Gasteiger partial charge in [0.25, 0.3) is 0 Å². The van der Waals surface area contributed by atoms with Gasteiger partial charge in [0.1, 0.15) is 6.61 Å². The Hall–Kier alpha value is -3.35. The van der Waals surface area contributed by atoms with Crippen LogP contribution >= 0.6 is 7.82 Å². The fourth-order valence-electron chi connectivity index (χ4n) is 10.2. The Morgan fingerprint density at radius 2 is 1.86 bits per heavy atom. The topological polar surface area (TPSA) is 184 Å². The van der Waals surface area contributed by atoms with Crippen molar-refractivity contribution >= 4 is 25.1 Å². The Morgan fingerprint density at radius 3 is 2.61 bits per heavy atom. The molecule has 2 aromatic rings. The highest BCUT2D eigenvalue weighted by molar-refractivity contribution is 7.46. The molecular weight excluding hydrogens is 653 g/mol. The van der Waals surface area contributed by atoms with Crippen LogP contribution in [0.1, 0.15) is 62.5 Å². The number of rotatable bonds is 7. The number of hydrogen-bond acceptors (Lipinski definition) is 10. The van der Waals surface area contributed by atoms with Gasteiger partial charge in [0.2, 0.25) is 6.79 Å². The Kier molecular flexibility index (Phi) is 7.59. The predicted octanol–water partition coefficient (Wildman–Crippen LogP) is 4.31. The van der Waals surface area contributed by atoms with Crippen LogP contribution in [0.2, 0.25) is 0 Å². The molecule has 9 atom stereocenters. The molecule has 49 heavy (non-hydrogen) atoms. The highest BCUT2D eigenvalue weighted by atomic mass is 31.2. The van der Waals surface area contributed by atoms with Crippen molar-refractivity contribution in [2.75, 3.05) is 19.1 Å². The number of anilines is 1. The van der Waals surface area contributed by atoms with Crippen LogP contribution in [0.5, 0.6) is 11.5 Å². The van der Waals surface area contributed by atoms with E-state index < -0.39 is 55.1 Å². The Labute approximate surface area is 283 Å². The summed E-state index contributed by atoms with van der Waals surface area (Å²) in [5, 5.41) is 11.9. The van der Waals surface area contributed by atoms with Gasteiger partial charge in [-0.15, -0.1) is 0 Å². The number of hydrogen-bond donors (Lipinski definition) is 4. The third kappa shape index (κ3) is 4.98. The van der Waals surface area contributed by atoms with E-state index in [0.29, 0.717) is 42.0 Å². The molecule has 6 aliphatic rings. The lowest BCUT2D eigenvalue weighted by molar-refractivity contribution is -0.200. The first-order valence-electron chi connectivity index (χ1n) is 16.7. The van der Waals surface area contributed by atoms with E-state index in [0.717, 1.165) is 23.1 Å². The second-order valence-corrected chi connectivity index (χ2v) is 16.0. The smallest absolute Gasteiger partial charge is 0.453 e. The number of carbonyl (C=O) groups is 2. The van der Waals surface area contributed by atoms with Gasteiger partial charge in [0, 0.05) is 34.3 Å². The summed E-state index contributed by atoms with van der Waals surface area (Å²) in [6, 6.07) is 11.3. The molecule has 0 aromatic heterocycles. The van der Waals surface area contributed by atoms with E-state index >= 15 is 0 Å². The number of phosphoric ester groups is 1. The van der Waals surface area contributed by atoms with E-state index in [9.17, 15) is 29.0 Å². The summed E-state index contributed by atoms with van der Waals surface area (Å²) < 4.78 is 41.0. The van der Waals surface area contributed by atoms with Gasteiger partial charge in [-0.2, -0.15) is 0 Å². The quantitative estimate of drug-likeness (QED) is 0.239. The highest BCUT2D eigenvalue weighted by Crippen LogP contribution is 2.70. The number of ketones is 2. The molecule has 8 rings (SSSR count). The van der Waals surface area contributed by atoms with Crippen molar-refractivity contribution in [3.05, 3.63) is 76.9 Å². The van der Waals surface area contributed by atoms with Crippen molar-refractivity contribution in [2.24, 2.45) is 28.6 Å². The average molecular weight is 694 g/mol. The van der Waals surface area contributed by atoms with E-state index in [1.54, 1.807) is 18.2 Å². The van der Waals surface area contributed by atoms with Gasteiger partial charge in [-0.3, -0.25) is 14.1 Å². The lowest BCUT2D eigenvalue weighted by Gasteiger charge is -2.59. The first-order chi connectivity index (χ1) is 23.2. The lowest BCUT2D eigenvalue weighted by atomic mass is 9.46. The Bertz CT molecular complexity index is 1840. The third-order valence-electron chi connectivity index (χ3n) is 12.3. The molecule has 2 aromatic carbocycles. The zero-order chi connectivity index (χ0) is 34.5. The number of benzene rings is 2. The van der Waals surface area contributed by atoms with Crippen molar-refractivity contribution < 1.29 is 52.5 Å². The number of Topliss-reactive ketones (excluding diaryl/α,β-unsaturated/α-hetero) is 1. The molecule has 5 N–H and O–H groups in total. The molecule has 0 radical (unpaired) electrons. The molecule has 13 heteroatoms. The van der Waals surface area contributed by atoms with Gasteiger partial charge in [0.05, 0.1) is 17.9 Å². The van der Waals surface area contributed by atoms with E-state index in [-0.39, 0.29) is 36.8 Å². The molecular formula is C36H40NO11P. The number of nitrogen functional groups attached to an aromatic ring is 1. The van der Waals surface area contributed by atoms with Gasteiger partial charge in [-0.1, -0.05) is 55.8 Å². The number of ether oxygens (including phenoxy) is 4. The molecule has 4 fully saturated rings. The molecule has 12 nitrogen and oxygen atoms in total. The number of aliphatic hydroxyl groups excluding tert-OH is 1. The second-order valence-electron chi connectivity index (χ2n) is 14.7. The van der Waals surface area contributed by atoms with Crippen LogP contribution < -0.4 is 15.2 Å². The molecule has 0 unspecified atom stereocenters. The number of aliphatic hydroxyl groups is 1. The summed E-state index contributed by atoms with van der Waals surface area (Å²) in [6.07, 6.45) is 5.31. The van der Waals surface area contributed by atoms with Crippen LogP contribution in [0.15, 0.2) is 60.2 Å². The van der Waals surface area contributed by atoms with Crippen molar-refractivity contribution in [3.63, 3.8) is 0 Å². The monoisotopic (exact) mass is 693 g/mol. The molecule has 3 saturated carbocycles. The average Bonchev–Trinajstić information content (AvgIpc) is 3.75. The van der Waals surface area contributed by atoms with Crippen LogP contribution in [0.3, 0.4) is 0 Å². The van der Waals surface area contributed by atoms with Gasteiger partial charge in [0.15, 0.2) is 35.0 Å². The molecule has 0 amide bonds. The van der Waals surface area contributed by atoms with E-state index in [1.165, 1.54) is 0 Å². The number of phosphoric acid groups is 1. The minimum absolute atomic E-state index is 0.0131. The summed E-state index contributed by atoms with van der Waals surface area (Å²) >= 11 is 0. The summed E-state index contributed by atoms with van der Waals surface area (Å²) in [6.45, 7) is 3.25. The predicted molar refractivity (Wildman–Crippen MR) is 174 cm³/mol. The molecule has 2 aliphatic heterocycles. The minimum atomic E-state index is -4.97. The number of carbonyl (C=O) groups excluding carboxylic acids is 2. The number of nitrogens with two attached hydrogens (primary N) is 1. The fraction of sp³-hybridized carbons (Fsp3) is 0.500. The van der Waals surface area contributed by atoms with Crippen molar-refractivity contribution in [1.29, 1.82) is 0 Å². The molecule has 1 saturated heterocycles. The first kappa shape index (κ1) is 32.8. The summed E-state index contributed by atoms with van der Waals surface area (Å²) in [5.41, 5.74) is 7.07.